The van der Waals surface area contributed by atoms with Crippen LogP contribution in [-0.4, -0.2) is 17.6 Å². The van der Waals surface area contributed by atoms with Gasteiger partial charge in [0.05, 0.1) is 12.2 Å². The Morgan fingerprint density at radius 2 is 2.10 bits per heavy atom. The van der Waals surface area contributed by atoms with Gasteiger partial charge in [-0.05, 0) is 13.0 Å². The number of aromatic nitrogens is 1. The number of nitriles is 1. The Morgan fingerprint density at radius 1 is 1.50 bits per heavy atom. The smallest absolute Gasteiger partial charge is 0.434 e. The SMILES string of the molecule is CCOC(=O)c1cc(C(F)F)c(C#N)c(C(F)(F)F)n1. The van der Waals surface area contributed by atoms with Crippen molar-refractivity contribution in [2.75, 3.05) is 6.61 Å². The number of alkyl halides is 5. The monoisotopic (exact) mass is 294 g/mol. The van der Waals surface area contributed by atoms with Crippen LogP contribution in [0, 0.1) is 11.3 Å². The van der Waals surface area contributed by atoms with Crippen LogP contribution in [0.1, 0.15) is 40.7 Å². The van der Waals surface area contributed by atoms with Gasteiger partial charge in [0, 0.05) is 5.56 Å². The number of esters is 1. The molecule has 20 heavy (non-hydrogen) atoms. The largest absolute Gasteiger partial charge is 0.461 e. The molecular formula is C11H7F5N2O2. The molecule has 4 nitrogen and oxygen atoms in total. The van der Waals surface area contributed by atoms with Crippen LogP contribution >= 0.6 is 0 Å². The van der Waals surface area contributed by atoms with Crippen molar-refractivity contribution in [3.8, 4) is 6.07 Å². The lowest BCUT2D eigenvalue weighted by atomic mass is 10.1. The molecule has 0 aliphatic heterocycles. The van der Waals surface area contributed by atoms with Crippen molar-refractivity contribution in [3.63, 3.8) is 0 Å². The molecule has 0 aliphatic rings. The van der Waals surface area contributed by atoms with Crippen molar-refractivity contribution in [1.29, 1.82) is 5.26 Å². The van der Waals surface area contributed by atoms with E-state index in [0.717, 1.165) is 6.07 Å². The molecule has 1 rings (SSSR count). The van der Waals surface area contributed by atoms with Crippen LogP contribution in [0.3, 0.4) is 0 Å². The highest BCUT2D eigenvalue weighted by Crippen LogP contribution is 2.35. The van der Waals surface area contributed by atoms with Crippen LogP contribution in [0.2, 0.25) is 0 Å². The topological polar surface area (TPSA) is 63.0 Å². The van der Waals surface area contributed by atoms with E-state index < -0.39 is 41.1 Å². The summed E-state index contributed by atoms with van der Waals surface area (Å²) in [6.45, 7) is 1.23. The second-order valence-corrected chi connectivity index (χ2v) is 3.45. The van der Waals surface area contributed by atoms with Gasteiger partial charge in [-0.3, -0.25) is 0 Å². The minimum absolute atomic E-state index is 0.161. The molecule has 1 aromatic heterocycles. The molecule has 0 aliphatic carbocycles. The van der Waals surface area contributed by atoms with Gasteiger partial charge in [0.15, 0.2) is 5.69 Å². The standard InChI is InChI=1S/C11H7F5N2O2/c1-2-20-10(19)7-3-5(9(12)13)6(4-17)8(18-7)11(14,15)16/h3,9H,2H2,1H3. The van der Waals surface area contributed by atoms with E-state index in [1.54, 1.807) is 0 Å². The van der Waals surface area contributed by atoms with E-state index >= 15 is 0 Å². The van der Waals surface area contributed by atoms with Crippen molar-refractivity contribution in [2.45, 2.75) is 19.5 Å². The molecule has 1 aromatic rings. The van der Waals surface area contributed by atoms with E-state index in [2.05, 4.69) is 9.72 Å². The highest BCUT2D eigenvalue weighted by atomic mass is 19.4. The van der Waals surface area contributed by atoms with Crippen LogP contribution in [-0.2, 0) is 10.9 Å². The Balaban J connectivity index is 3.57. The predicted octanol–water partition coefficient (Wildman–Crippen LogP) is 3.09. The Morgan fingerprint density at radius 3 is 2.50 bits per heavy atom. The minimum atomic E-state index is -5.14. The lowest BCUT2D eigenvalue weighted by Gasteiger charge is -2.13. The number of carbonyl (C=O) groups is 1. The van der Waals surface area contributed by atoms with Crippen LogP contribution in [0.4, 0.5) is 22.0 Å². The summed E-state index contributed by atoms with van der Waals surface area (Å²) in [7, 11) is 0. The summed E-state index contributed by atoms with van der Waals surface area (Å²) in [6.07, 6.45) is -8.50. The van der Waals surface area contributed by atoms with Gasteiger partial charge in [-0.1, -0.05) is 0 Å². The molecule has 108 valence electrons. The van der Waals surface area contributed by atoms with Gasteiger partial charge < -0.3 is 4.74 Å². The molecule has 0 saturated heterocycles. The fraction of sp³-hybridized carbons (Fsp3) is 0.364. The maximum absolute atomic E-state index is 12.7. The molecule has 1 heterocycles. The first-order chi connectivity index (χ1) is 9.22. The van der Waals surface area contributed by atoms with E-state index in [1.165, 1.54) is 6.92 Å². The molecule has 0 radical (unpaired) electrons. The van der Waals surface area contributed by atoms with E-state index in [9.17, 15) is 26.7 Å². The summed E-state index contributed by atoms with van der Waals surface area (Å²) in [5.74, 6) is -1.27. The first-order valence-electron chi connectivity index (χ1n) is 5.19. The summed E-state index contributed by atoms with van der Waals surface area (Å²) >= 11 is 0. The summed E-state index contributed by atoms with van der Waals surface area (Å²) in [5.41, 5.74) is -5.27. The zero-order chi connectivity index (χ0) is 15.5. The molecule has 0 N–H and O–H groups in total. The summed E-state index contributed by atoms with van der Waals surface area (Å²) < 4.78 is 67.9. The van der Waals surface area contributed by atoms with Crippen LogP contribution in [0.25, 0.3) is 0 Å². The number of halogens is 5. The molecule has 0 fully saturated rings. The second kappa shape index (κ2) is 5.81. The number of rotatable bonds is 3. The number of hydrogen-bond donors (Lipinski definition) is 0. The van der Waals surface area contributed by atoms with Crippen LogP contribution < -0.4 is 0 Å². The third-order valence-electron chi connectivity index (χ3n) is 2.15. The highest BCUT2D eigenvalue weighted by Gasteiger charge is 2.39. The normalized spacial score (nSPS) is 11.3. The zero-order valence-electron chi connectivity index (χ0n) is 9.96. The molecule has 0 unspecified atom stereocenters. The Labute approximate surface area is 109 Å². The van der Waals surface area contributed by atoms with Gasteiger partial charge in [-0.15, -0.1) is 0 Å². The van der Waals surface area contributed by atoms with Crippen molar-refractivity contribution in [3.05, 3.63) is 28.6 Å². The summed E-state index contributed by atoms with van der Waals surface area (Å²) in [5, 5.41) is 8.60. The molecule has 0 aromatic carbocycles. The van der Waals surface area contributed by atoms with Gasteiger partial charge in [0.25, 0.3) is 6.43 Å². The maximum Gasteiger partial charge on any atom is 0.434 e. The average Bonchev–Trinajstić information content (AvgIpc) is 2.36. The Hall–Kier alpha value is -2.24. The van der Waals surface area contributed by atoms with E-state index in [1.807, 2.05) is 0 Å². The minimum Gasteiger partial charge on any atom is -0.461 e. The van der Waals surface area contributed by atoms with E-state index in [0.29, 0.717) is 6.07 Å². The highest BCUT2D eigenvalue weighted by molar-refractivity contribution is 5.87. The molecule has 0 bridgehead atoms. The summed E-state index contributed by atoms with van der Waals surface area (Å²) in [4.78, 5) is 14.2. The number of hydrogen-bond acceptors (Lipinski definition) is 4. The van der Waals surface area contributed by atoms with Gasteiger partial charge in [-0.25, -0.2) is 18.6 Å². The van der Waals surface area contributed by atoms with Gasteiger partial charge in [0.1, 0.15) is 11.8 Å². The quantitative estimate of drug-likeness (QED) is 0.635. The average molecular weight is 294 g/mol. The summed E-state index contributed by atoms with van der Waals surface area (Å²) in [6, 6.07) is 1.46. The van der Waals surface area contributed by atoms with Crippen molar-refractivity contribution < 1.29 is 31.5 Å². The first kappa shape index (κ1) is 15.8. The second-order valence-electron chi connectivity index (χ2n) is 3.45. The van der Waals surface area contributed by atoms with Gasteiger partial charge in [0.2, 0.25) is 0 Å². The zero-order valence-corrected chi connectivity index (χ0v) is 9.96. The molecule has 9 heteroatoms. The number of nitrogens with zero attached hydrogens (tertiary/aromatic N) is 2. The lowest BCUT2D eigenvalue weighted by Crippen LogP contribution is -2.18. The molecular weight excluding hydrogens is 287 g/mol. The van der Waals surface area contributed by atoms with Crippen LogP contribution in [0.5, 0.6) is 0 Å². The first-order valence-corrected chi connectivity index (χ1v) is 5.19. The van der Waals surface area contributed by atoms with Crippen molar-refractivity contribution >= 4 is 5.97 Å². The van der Waals surface area contributed by atoms with Crippen molar-refractivity contribution in [2.24, 2.45) is 0 Å². The maximum atomic E-state index is 12.7. The Bertz CT molecular complexity index is 563. The lowest BCUT2D eigenvalue weighted by molar-refractivity contribution is -0.141. The molecule has 0 saturated carbocycles. The molecule has 0 atom stereocenters. The molecule has 0 amide bonds. The van der Waals surface area contributed by atoms with Crippen molar-refractivity contribution in [1.82, 2.24) is 4.98 Å². The van der Waals surface area contributed by atoms with Crippen LogP contribution in [0.15, 0.2) is 6.07 Å². The number of pyridine rings is 1. The number of carbonyl (C=O) groups excluding carboxylic acids is 1. The van der Waals surface area contributed by atoms with E-state index in [4.69, 9.17) is 5.26 Å². The molecule has 0 spiro atoms. The van der Waals surface area contributed by atoms with Gasteiger partial charge >= 0.3 is 12.1 Å². The van der Waals surface area contributed by atoms with Gasteiger partial charge in [-0.2, -0.15) is 18.4 Å². The third-order valence-corrected chi connectivity index (χ3v) is 2.15. The predicted molar refractivity (Wildman–Crippen MR) is 54.9 cm³/mol. The van der Waals surface area contributed by atoms with E-state index in [-0.39, 0.29) is 6.61 Å². The number of ether oxygens (including phenoxy) is 1. The fourth-order valence-corrected chi connectivity index (χ4v) is 1.37. The third kappa shape index (κ3) is 3.20. The Kier molecular flexibility index (Phi) is 4.60. The fourth-order valence-electron chi connectivity index (χ4n) is 1.37.